The third-order valence-corrected chi connectivity index (χ3v) is 8.42. The average molecular weight is 855 g/mol. The summed E-state index contributed by atoms with van der Waals surface area (Å²) >= 11 is 0. The van der Waals surface area contributed by atoms with Gasteiger partial charge in [-0.15, -0.1) is 0 Å². The summed E-state index contributed by atoms with van der Waals surface area (Å²) in [4.78, 5) is 60.0. The summed E-state index contributed by atoms with van der Waals surface area (Å²) in [7, 11) is 2.22. The van der Waals surface area contributed by atoms with Crippen LogP contribution in [0.2, 0.25) is 0 Å². The Bertz CT molecular complexity index is 2300. The molecule has 16 heteroatoms. The summed E-state index contributed by atoms with van der Waals surface area (Å²) in [6.45, 7) is -26.4. The molecule has 0 saturated heterocycles. The molecule has 1 heterocycles. The van der Waals surface area contributed by atoms with Gasteiger partial charge in [0.1, 0.15) is 18.7 Å². The van der Waals surface area contributed by atoms with Gasteiger partial charge in [-0.2, -0.15) is 0 Å². The molecule has 0 fully saturated rings. The topological polar surface area (TPSA) is 199 Å². The molecule has 0 aliphatic heterocycles. The lowest BCUT2D eigenvalue weighted by atomic mass is 9.85. The van der Waals surface area contributed by atoms with Crippen LogP contribution in [-0.4, -0.2) is 124 Å². The molecule has 4 atom stereocenters. The second kappa shape index (κ2) is 24.8. The molecule has 0 unspecified atom stereocenters. The molecule has 2 aromatic carbocycles. The second-order valence-electron chi connectivity index (χ2n) is 13.3. The summed E-state index contributed by atoms with van der Waals surface area (Å²) in [5.41, 5.74) is -4.26. The van der Waals surface area contributed by atoms with Gasteiger partial charge in [-0.05, 0) is 40.5 Å². The maximum Gasteiger partial charge on any atom is 0.407 e. The summed E-state index contributed by atoms with van der Waals surface area (Å²) in [5.74, 6) is -3.58. The zero-order chi connectivity index (χ0) is 59.1. The van der Waals surface area contributed by atoms with Crippen molar-refractivity contribution in [3.05, 3.63) is 90.1 Å². The lowest BCUT2D eigenvalue weighted by Crippen LogP contribution is -2.61. The molecule has 0 bridgehead atoms. The highest BCUT2D eigenvalue weighted by molar-refractivity contribution is 5.87. The number of aromatic nitrogens is 1. The molecule has 16 nitrogen and oxygen atoms in total. The van der Waals surface area contributed by atoms with E-state index in [1.807, 2.05) is 5.32 Å². The first kappa shape index (κ1) is 28.4. The Hall–Kier alpha value is -5.13. The Balaban J connectivity index is 2.26. The normalized spacial score (nSPS) is 19.4. The summed E-state index contributed by atoms with van der Waals surface area (Å²) in [5, 5.41) is 18.9. The zero-order valence-corrected chi connectivity index (χ0v) is 33.2. The summed E-state index contributed by atoms with van der Waals surface area (Å²) < 4.78 is 175. The van der Waals surface area contributed by atoms with Crippen molar-refractivity contribution in [2.45, 2.75) is 78.3 Å². The van der Waals surface area contributed by atoms with Crippen molar-refractivity contribution in [3.63, 3.8) is 0 Å². The molecule has 0 spiro atoms. The number of carbonyl (C=O) groups excluding carboxylic acids is 4. The highest BCUT2D eigenvalue weighted by atomic mass is 16.6. The highest BCUT2D eigenvalue weighted by Gasteiger charge is 2.37. The number of nitrogens with one attached hydrogen (secondary N) is 4. The van der Waals surface area contributed by atoms with Crippen LogP contribution in [0.5, 0.6) is 0 Å². The van der Waals surface area contributed by atoms with Gasteiger partial charge in [0, 0.05) is 56.6 Å². The number of amides is 4. The predicted octanol–water partition coefficient (Wildman–Crippen LogP) is 4.26. The van der Waals surface area contributed by atoms with Crippen molar-refractivity contribution in [1.29, 1.82) is 0 Å². The molecule has 4 amide bonds. The Morgan fingerprint density at radius 1 is 0.717 bits per heavy atom. The molecule has 60 heavy (non-hydrogen) atoms. The highest BCUT2D eigenvalue weighted by Crippen LogP contribution is 2.23. The van der Waals surface area contributed by atoms with Crippen LogP contribution in [0.25, 0.3) is 11.3 Å². The van der Waals surface area contributed by atoms with Gasteiger partial charge in [0.05, 0.1) is 58.0 Å². The third kappa shape index (κ3) is 17.6. The molecule has 3 rings (SSSR count). The second-order valence-corrected chi connectivity index (χ2v) is 13.3. The smallest absolute Gasteiger partial charge is 0.407 e. The van der Waals surface area contributed by atoms with Gasteiger partial charge in [-0.25, -0.2) is 14.6 Å². The standard InChI is InChI=1S/C44H64N6O10/c1-43(2,3)37(47-41(54)57-8)39(52)46-35(28-31-14-10-9-11-15-31)36(51)30-50(29-32-17-19-33(20-18-32)34-16-12-13-21-45-34)49-40(53)38(44(4,5)6)48-42(55)60-27-26-59-25-24-58-23-22-56-7/h9-21,35-38,51H,22-30H2,1-8H3,(H,46,52)(H,47,54)(H,48,55)(H,49,53)/t35-,36-,37+,38+/m0/s1/i1D3,2D3,3D3,4D3,5D3,6D3. The number of aliphatic hydroxyl groups excluding tert-OH is 1. The van der Waals surface area contributed by atoms with Crippen molar-refractivity contribution in [3.8, 4) is 11.3 Å². The zero-order valence-electron chi connectivity index (χ0n) is 51.2. The molecule has 0 saturated carbocycles. The van der Waals surface area contributed by atoms with E-state index in [1.54, 1.807) is 41.7 Å². The largest absolute Gasteiger partial charge is 0.453 e. The van der Waals surface area contributed by atoms with Crippen molar-refractivity contribution in [2.75, 3.05) is 60.4 Å². The van der Waals surface area contributed by atoms with E-state index in [2.05, 4.69) is 20.5 Å². The number of hydrazine groups is 1. The number of methoxy groups -OCH3 is 2. The van der Waals surface area contributed by atoms with Gasteiger partial charge in [0.15, 0.2) is 0 Å². The fraction of sp³-hybridized carbons (Fsp3) is 0.523. The van der Waals surface area contributed by atoms with Gasteiger partial charge in [-0.1, -0.05) is 102 Å². The number of alkyl carbamates (subject to hydrolysis) is 2. The lowest BCUT2D eigenvalue weighted by molar-refractivity contribution is -0.132. The predicted molar refractivity (Wildman–Crippen MR) is 226 cm³/mol. The molecule has 5 N–H and O–H groups in total. The Morgan fingerprint density at radius 2 is 1.32 bits per heavy atom. The lowest BCUT2D eigenvalue weighted by Gasteiger charge is -2.35. The minimum atomic E-state index is -4.12. The number of nitrogens with zero attached hydrogens (tertiary/aromatic N) is 2. The van der Waals surface area contributed by atoms with Crippen LogP contribution >= 0.6 is 0 Å². The fourth-order valence-corrected chi connectivity index (χ4v) is 5.41. The number of hydrogen-bond donors (Lipinski definition) is 5. The van der Waals surface area contributed by atoms with Crippen molar-refractivity contribution >= 4 is 24.0 Å². The van der Waals surface area contributed by atoms with E-state index in [-0.39, 0.29) is 32.0 Å². The molecule has 0 aliphatic carbocycles. The molecule has 3 aromatic rings. The van der Waals surface area contributed by atoms with E-state index in [1.165, 1.54) is 49.7 Å². The van der Waals surface area contributed by atoms with E-state index in [4.69, 9.17) is 43.6 Å². The Morgan fingerprint density at radius 3 is 1.92 bits per heavy atom. The molecular formula is C44H64N6O10. The first-order chi connectivity index (χ1) is 36.0. The first-order valence-electron chi connectivity index (χ1n) is 27.5. The number of hydrogen-bond acceptors (Lipinski definition) is 12. The van der Waals surface area contributed by atoms with Gasteiger partial charge < -0.3 is 44.7 Å². The van der Waals surface area contributed by atoms with Gasteiger partial charge in [-0.3, -0.25) is 20.0 Å². The van der Waals surface area contributed by atoms with Gasteiger partial charge in [0.25, 0.3) is 5.91 Å². The molecule has 0 aliphatic rings. The average Bonchev–Trinajstić information content (AvgIpc) is 3.31. The van der Waals surface area contributed by atoms with Crippen LogP contribution in [0.1, 0.15) is 76.9 Å². The molecule has 0 radical (unpaired) electrons. The van der Waals surface area contributed by atoms with Gasteiger partial charge >= 0.3 is 12.2 Å². The number of benzene rings is 2. The quantitative estimate of drug-likeness (QED) is 0.0672. The van der Waals surface area contributed by atoms with Gasteiger partial charge in [0.2, 0.25) is 5.91 Å². The Labute approximate surface area is 379 Å². The van der Waals surface area contributed by atoms with Crippen LogP contribution in [0.15, 0.2) is 79.0 Å². The summed E-state index contributed by atoms with van der Waals surface area (Å²) in [6.07, 6.45) is -4.32. The molecule has 1 aromatic heterocycles. The Kier molecular flexibility index (Phi) is 11.8. The minimum absolute atomic E-state index is 0.00186. The SMILES string of the molecule is [2H]C([2H])([2H])C([C@H](NC(=O)OC)C(=O)N[C@@H](Cc1ccccc1)[C@@H](O)CN(Cc1ccc(-c2ccccn2)cc1)NC(=O)[C@@H](NC(=O)OCCOCCOCCOC)C(C([2H])([2H])[2H])(C([2H])([2H])[2H])C([2H])([2H])[2H])(C([2H])([2H])[2H])C([2H])([2H])[2H]. The van der Waals surface area contributed by atoms with E-state index in [0.717, 1.165) is 12.1 Å². The van der Waals surface area contributed by atoms with E-state index >= 15 is 0 Å². The third-order valence-electron chi connectivity index (χ3n) is 8.42. The first-order valence-corrected chi connectivity index (χ1v) is 18.5. The fourth-order valence-electron chi connectivity index (χ4n) is 5.41. The van der Waals surface area contributed by atoms with E-state index in [0.29, 0.717) is 23.4 Å². The molecular weight excluding hydrogens is 773 g/mol. The van der Waals surface area contributed by atoms with Crippen LogP contribution in [0.3, 0.4) is 0 Å². The minimum Gasteiger partial charge on any atom is -0.453 e. The molecule has 330 valence electrons. The number of pyridine rings is 1. The van der Waals surface area contributed by atoms with Crippen LogP contribution < -0.4 is 21.4 Å². The maximum atomic E-state index is 14.9. The number of ether oxygens (including phenoxy) is 5. The van der Waals surface area contributed by atoms with Crippen LogP contribution in [0.4, 0.5) is 9.59 Å². The maximum absolute atomic E-state index is 14.9. The number of aliphatic hydroxyl groups is 1. The van der Waals surface area contributed by atoms with Crippen LogP contribution in [-0.2, 0) is 46.2 Å². The number of carbonyl (C=O) groups is 4. The van der Waals surface area contributed by atoms with E-state index in [9.17, 15) is 24.3 Å². The monoisotopic (exact) mass is 855 g/mol. The summed E-state index contributed by atoms with van der Waals surface area (Å²) in [6, 6.07) is 11.1. The van der Waals surface area contributed by atoms with Crippen molar-refractivity contribution in [1.82, 2.24) is 31.4 Å². The van der Waals surface area contributed by atoms with Crippen LogP contribution in [0, 0.1) is 10.8 Å². The van der Waals surface area contributed by atoms with Crippen molar-refractivity contribution < 1.29 is 72.6 Å². The van der Waals surface area contributed by atoms with E-state index < -0.39 is 126 Å². The number of rotatable bonds is 23. The van der Waals surface area contributed by atoms with Crippen molar-refractivity contribution in [2.24, 2.45) is 10.8 Å².